The summed E-state index contributed by atoms with van der Waals surface area (Å²) in [5.41, 5.74) is 2.81. The molecule has 1 aliphatic rings. The van der Waals surface area contributed by atoms with Gasteiger partial charge in [0.15, 0.2) is 5.78 Å². The minimum Gasteiger partial charge on any atom is -0.337 e. The zero-order valence-electron chi connectivity index (χ0n) is 17.9. The van der Waals surface area contributed by atoms with Crippen molar-refractivity contribution in [1.29, 1.82) is 0 Å². The Balaban J connectivity index is 1.27. The number of hydrogen-bond acceptors (Lipinski definition) is 5. The van der Waals surface area contributed by atoms with Crippen molar-refractivity contribution in [2.45, 2.75) is 0 Å². The molecule has 0 atom stereocenters. The zero-order valence-corrected chi connectivity index (χ0v) is 17.9. The third kappa shape index (κ3) is 6.00. The summed E-state index contributed by atoms with van der Waals surface area (Å²) in [6.07, 6.45) is 3.23. The molecular formula is C25H27N5O2. The van der Waals surface area contributed by atoms with E-state index in [1.807, 2.05) is 36.4 Å². The fraction of sp³-hybridized carbons (Fsp3) is 0.240. The highest BCUT2D eigenvalue weighted by Crippen LogP contribution is 2.14. The first-order valence-electron chi connectivity index (χ1n) is 10.8. The van der Waals surface area contributed by atoms with Gasteiger partial charge in [-0.3, -0.25) is 9.69 Å². The standard InChI is InChI=1S/C25H27N5O2/c31-24(12-11-21-8-5-19-3-1-2-4-23(19)28-21)20-6-9-22(10-7-20)29-25(32)27-15-18-30-16-13-26-14-17-30/h1-12,26H,13-18H2,(H2,27,29,32)/b12-11+. The highest BCUT2D eigenvalue weighted by Gasteiger charge is 2.09. The maximum atomic E-state index is 12.5. The quantitative estimate of drug-likeness (QED) is 0.397. The van der Waals surface area contributed by atoms with Crippen LogP contribution in [0.15, 0.2) is 66.7 Å². The molecule has 1 fully saturated rings. The third-order valence-electron chi connectivity index (χ3n) is 5.38. The average molecular weight is 430 g/mol. The highest BCUT2D eigenvalue weighted by molar-refractivity contribution is 6.07. The van der Waals surface area contributed by atoms with Crippen LogP contribution in [-0.2, 0) is 0 Å². The van der Waals surface area contributed by atoms with Gasteiger partial charge in [-0.1, -0.05) is 24.3 Å². The van der Waals surface area contributed by atoms with Crippen molar-refractivity contribution in [2.75, 3.05) is 44.6 Å². The Labute approximate surface area is 187 Å². The van der Waals surface area contributed by atoms with Gasteiger partial charge < -0.3 is 16.0 Å². The van der Waals surface area contributed by atoms with E-state index in [9.17, 15) is 9.59 Å². The monoisotopic (exact) mass is 429 g/mol. The molecule has 4 rings (SSSR count). The lowest BCUT2D eigenvalue weighted by molar-refractivity contribution is 0.104. The maximum absolute atomic E-state index is 12.5. The number of para-hydroxylation sites is 1. The van der Waals surface area contributed by atoms with Gasteiger partial charge in [0.2, 0.25) is 0 Å². The van der Waals surface area contributed by atoms with Gasteiger partial charge in [0.05, 0.1) is 11.2 Å². The van der Waals surface area contributed by atoms with Crippen LogP contribution in [0, 0.1) is 0 Å². The molecule has 3 N–H and O–H groups in total. The summed E-state index contributed by atoms with van der Waals surface area (Å²) in [5.74, 6) is -0.119. The molecular weight excluding hydrogens is 402 g/mol. The summed E-state index contributed by atoms with van der Waals surface area (Å²) in [6.45, 7) is 5.42. The smallest absolute Gasteiger partial charge is 0.319 e. The van der Waals surface area contributed by atoms with Crippen molar-refractivity contribution in [2.24, 2.45) is 0 Å². The Hall–Kier alpha value is -3.55. The van der Waals surface area contributed by atoms with E-state index in [-0.39, 0.29) is 11.8 Å². The van der Waals surface area contributed by atoms with Crippen molar-refractivity contribution in [1.82, 2.24) is 20.5 Å². The lowest BCUT2D eigenvalue weighted by Gasteiger charge is -2.27. The predicted molar refractivity (Wildman–Crippen MR) is 128 cm³/mol. The number of carbonyl (C=O) groups is 2. The fourth-order valence-electron chi connectivity index (χ4n) is 3.59. The van der Waals surface area contributed by atoms with Gasteiger partial charge in [-0.15, -0.1) is 0 Å². The molecule has 0 radical (unpaired) electrons. The van der Waals surface area contributed by atoms with E-state index in [1.54, 1.807) is 30.3 Å². The largest absolute Gasteiger partial charge is 0.337 e. The summed E-state index contributed by atoms with van der Waals surface area (Å²) in [6, 6.07) is 18.4. The number of hydrogen-bond donors (Lipinski definition) is 3. The molecule has 0 bridgehead atoms. The van der Waals surface area contributed by atoms with Crippen LogP contribution in [0.5, 0.6) is 0 Å². The molecule has 0 aliphatic carbocycles. The number of benzene rings is 2. The number of piperazine rings is 1. The molecule has 1 saturated heterocycles. The van der Waals surface area contributed by atoms with E-state index in [0.717, 1.165) is 49.3 Å². The lowest BCUT2D eigenvalue weighted by Crippen LogP contribution is -2.46. The van der Waals surface area contributed by atoms with Crippen LogP contribution in [-0.4, -0.2) is 61.0 Å². The third-order valence-corrected chi connectivity index (χ3v) is 5.38. The lowest BCUT2D eigenvalue weighted by atomic mass is 10.1. The van der Waals surface area contributed by atoms with E-state index < -0.39 is 0 Å². The van der Waals surface area contributed by atoms with Gasteiger partial charge in [-0.2, -0.15) is 0 Å². The molecule has 32 heavy (non-hydrogen) atoms. The van der Waals surface area contributed by atoms with Crippen molar-refractivity contribution in [3.8, 4) is 0 Å². The summed E-state index contributed by atoms with van der Waals surface area (Å²) >= 11 is 0. The molecule has 1 aliphatic heterocycles. The molecule has 2 amide bonds. The molecule has 1 aromatic heterocycles. The Morgan fingerprint density at radius 1 is 1.00 bits per heavy atom. The topological polar surface area (TPSA) is 86.4 Å². The van der Waals surface area contributed by atoms with Crippen LogP contribution in [0.2, 0.25) is 0 Å². The van der Waals surface area contributed by atoms with Crippen molar-refractivity contribution in [3.05, 3.63) is 78.0 Å². The van der Waals surface area contributed by atoms with Crippen molar-refractivity contribution in [3.63, 3.8) is 0 Å². The van der Waals surface area contributed by atoms with Crippen molar-refractivity contribution < 1.29 is 9.59 Å². The first-order valence-corrected chi connectivity index (χ1v) is 10.8. The zero-order chi connectivity index (χ0) is 22.2. The van der Waals surface area contributed by atoms with Gasteiger partial charge >= 0.3 is 6.03 Å². The molecule has 0 saturated carbocycles. The summed E-state index contributed by atoms with van der Waals surface area (Å²) in [4.78, 5) is 31.4. The van der Waals surface area contributed by atoms with Crippen LogP contribution in [0.3, 0.4) is 0 Å². The van der Waals surface area contributed by atoms with E-state index in [1.165, 1.54) is 6.08 Å². The molecule has 2 aromatic carbocycles. The van der Waals surface area contributed by atoms with E-state index in [4.69, 9.17) is 0 Å². The number of pyridine rings is 1. The minimum absolute atomic E-state index is 0.119. The Bertz CT molecular complexity index is 1100. The normalized spacial score (nSPS) is 14.5. The van der Waals surface area contributed by atoms with Crippen LogP contribution < -0.4 is 16.0 Å². The Morgan fingerprint density at radius 3 is 2.59 bits per heavy atom. The van der Waals surface area contributed by atoms with Crippen LogP contribution >= 0.6 is 0 Å². The van der Waals surface area contributed by atoms with Crippen LogP contribution in [0.25, 0.3) is 17.0 Å². The fourth-order valence-corrected chi connectivity index (χ4v) is 3.59. The van der Waals surface area contributed by atoms with Crippen molar-refractivity contribution >= 4 is 34.5 Å². The number of nitrogens with one attached hydrogen (secondary N) is 3. The first-order chi connectivity index (χ1) is 15.7. The van der Waals surface area contributed by atoms with E-state index >= 15 is 0 Å². The number of nitrogens with zero attached hydrogens (tertiary/aromatic N) is 2. The van der Waals surface area contributed by atoms with Crippen LogP contribution in [0.1, 0.15) is 16.1 Å². The SMILES string of the molecule is O=C(NCCN1CCNCC1)Nc1ccc(C(=O)/C=C/c2ccc3ccccc3n2)cc1. The Kier molecular flexibility index (Phi) is 7.22. The number of fused-ring (bicyclic) bond motifs is 1. The second kappa shape index (κ2) is 10.7. The summed E-state index contributed by atoms with van der Waals surface area (Å²) in [5, 5.41) is 10.0. The number of rotatable bonds is 7. The number of ketones is 1. The van der Waals surface area contributed by atoms with Gasteiger partial charge in [0.1, 0.15) is 0 Å². The molecule has 0 unspecified atom stereocenters. The summed E-state index contributed by atoms with van der Waals surface area (Å²) < 4.78 is 0. The maximum Gasteiger partial charge on any atom is 0.319 e. The highest BCUT2D eigenvalue weighted by atomic mass is 16.2. The van der Waals surface area contributed by atoms with Gasteiger partial charge in [0.25, 0.3) is 0 Å². The average Bonchev–Trinajstić information content (AvgIpc) is 2.83. The molecule has 0 spiro atoms. The minimum atomic E-state index is -0.249. The molecule has 164 valence electrons. The second-order valence-electron chi connectivity index (χ2n) is 7.68. The number of carbonyl (C=O) groups excluding carboxylic acids is 2. The predicted octanol–water partition coefficient (Wildman–Crippen LogP) is 3.16. The number of aromatic nitrogens is 1. The van der Waals surface area contributed by atoms with E-state index in [0.29, 0.717) is 17.8 Å². The Morgan fingerprint density at radius 2 is 1.78 bits per heavy atom. The number of amides is 2. The van der Waals surface area contributed by atoms with Gasteiger partial charge in [0, 0.05) is 55.9 Å². The second-order valence-corrected chi connectivity index (χ2v) is 7.68. The first kappa shape index (κ1) is 21.7. The van der Waals surface area contributed by atoms with Gasteiger partial charge in [-0.25, -0.2) is 9.78 Å². The number of urea groups is 1. The number of allylic oxidation sites excluding steroid dienone is 1. The van der Waals surface area contributed by atoms with Gasteiger partial charge in [-0.05, 0) is 48.6 Å². The van der Waals surface area contributed by atoms with Crippen LogP contribution in [0.4, 0.5) is 10.5 Å². The number of anilines is 1. The molecule has 7 nitrogen and oxygen atoms in total. The molecule has 7 heteroatoms. The van der Waals surface area contributed by atoms with E-state index in [2.05, 4.69) is 25.8 Å². The molecule has 2 heterocycles. The summed E-state index contributed by atoms with van der Waals surface area (Å²) in [7, 11) is 0. The molecule has 3 aromatic rings.